The summed E-state index contributed by atoms with van der Waals surface area (Å²) in [5.74, 6) is 0.691. The number of hydrogen-bond donors (Lipinski definition) is 1. The fraction of sp³-hybridized carbons (Fsp3) is 0.381. The Morgan fingerprint density at radius 1 is 1.26 bits per heavy atom. The molecule has 10 heteroatoms. The predicted octanol–water partition coefficient (Wildman–Crippen LogP) is 4.76. The van der Waals surface area contributed by atoms with E-state index in [2.05, 4.69) is 19.6 Å². The molecule has 0 saturated carbocycles. The largest absolute Gasteiger partial charge is 0.468 e. The minimum absolute atomic E-state index is 0.158. The number of anilines is 1. The van der Waals surface area contributed by atoms with Gasteiger partial charge in [-0.05, 0) is 38.0 Å². The van der Waals surface area contributed by atoms with Gasteiger partial charge in [-0.25, -0.2) is 14.8 Å². The molecule has 3 heterocycles. The molecular formula is C21H22F3N5O2. The van der Waals surface area contributed by atoms with E-state index in [1.807, 2.05) is 31.2 Å². The maximum atomic E-state index is 12.9. The molecular weight excluding hydrogens is 411 g/mol. The molecule has 7 nitrogen and oxygen atoms in total. The van der Waals surface area contributed by atoms with E-state index in [4.69, 9.17) is 4.98 Å². The Labute approximate surface area is 176 Å². The summed E-state index contributed by atoms with van der Waals surface area (Å²) >= 11 is 0. The second kappa shape index (κ2) is 8.44. The molecule has 0 aliphatic carbocycles. The van der Waals surface area contributed by atoms with Crippen LogP contribution in [0.1, 0.15) is 31.6 Å². The number of pyridine rings is 1. The number of rotatable bonds is 5. The number of amides is 2. The zero-order chi connectivity index (χ0) is 22.0. The maximum Gasteiger partial charge on any atom is 0.422 e. The molecule has 0 radical (unpaired) electrons. The van der Waals surface area contributed by atoms with Crippen LogP contribution in [-0.4, -0.2) is 44.8 Å². The van der Waals surface area contributed by atoms with Gasteiger partial charge in [-0.1, -0.05) is 12.1 Å². The van der Waals surface area contributed by atoms with E-state index >= 15 is 0 Å². The zero-order valence-electron chi connectivity index (χ0n) is 16.9. The predicted molar refractivity (Wildman–Crippen MR) is 109 cm³/mol. The van der Waals surface area contributed by atoms with E-state index in [1.165, 1.54) is 18.3 Å². The molecule has 1 aromatic carbocycles. The van der Waals surface area contributed by atoms with Gasteiger partial charge in [0, 0.05) is 19.2 Å². The molecule has 1 atom stereocenters. The first kappa shape index (κ1) is 21.0. The van der Waals surface area contributed by atoms with Gasteiger partial charge in [0.15, 0.2) is 6.61 Å². The SMILES string of the molecule is CCn1c(C2CCCN2C(=O)Nc2ccc(OCC(F)(F)F)nc2)nc2ccccc21. The zero-order valence-corrected chi connectivity index (χ0v) is 16.9. The molecule has 164 valence electrons. The van der Waals surface area contributed by atoms with Gasteiger partial charge in [0.1, 0.15) is 5.82 Å². The Bertz CT molecular complexity index is 1070. The van der Waals surface area contributed by atoms with Gasteiger partial charge in [-0.2, -0.15) is 13.2 Å². The third kappa shape index (κ3) is 4.57. The number of nitrogens with zero attached hydrogens (tertiary/aromatic N) is 4. The Balaban J connectivity index is 1.48. The molecule has 31 heavy (non-hydrogen) atoms. The van der Waals surface area contributed by atoms with Crippen molar-refractivity contribution >= 4 is 22.8 Å². The van der Waals surface area contributed by atoms with Crippen molar-refractivity contribution in [3.05, 3.63) is 48.4 Å². The van der Waals surface area contributed by atoms with E-state index in [9.17, 15) is 18.0 Å². The van der Waals surface area contributed by atoms with Crippen LogP contribution >= 0.6 is 0 Å². The Morgan fingerprint density at radius 2 is 2.06 bits per heavy atom. The van der Waals surface area contributed by atoms with Crippen LogP contribution in [0, 0.1) is 0 Å². The van der Waals surface area contributed by atoms with E-state index in [0.29, 0.717) is 12.2 Å². The average Bonchev–Trinajstić information content (AvgIpc) is 3.37. The fourth-order valence-electron chi connectivity index (χ4n) is 3.85. The minimum Gasteiger partial charge on any atom is -0.468 e. The van der Waals surface area contributed by atoms with Crippen molar-refractivity contribution in [1.82, 2.24) is 19.4 Å². The molecule has 0 spiro atoms. The first-order valence-electron chi connectivity index (χ1n) is 10.0. The molecule has 1 fully saturated rings. The molecule has 3 aromatic rings. The van der Waals surface area contributed by atoms with E-state index in [-0.39, 0.29) is 18.0 Å². The topological polar surface area (TPSA) is 72.3 Å². The summed E-state index contributed by atoms with van der Waals surface area (Å²) in [7, 11) is 0. The number of ether oxygens (including phenoxy) is 1. The van der Waals surface area contributed by atoms with Gasteiger partial charge in [-0.15, -0.1) is 0 Å². The highest BCUT2D eigenvalue weighted by molar-refractivity contribution is 5.89. The summed E-state index contributed by atoms with van der Waals surface area (Å²) < 4.78 is 43.4. The van der Waals surface area contributed by atoms with Crippen molar-refractivity contribution in [2.24, 2.45) is 0 Å². The van der Waals surface area contributed by atoms with E-state index < -0.39 is 12.8 Å². The summed E-state index contributed by atoms with van der Waals surface area (Å²) in [6, 6.07) is 10.2. The number of likely N-dealkylation sites (tertiary alicyclic amines) is 1. The third-order valence-electron chi connectivity index (χ3n) is 5.18. The van der Waals surface area contributed by atoms with Crippen molar-refractivity contribution < 1.29 is 22.7 Å². The molecule has 1 N–H and O–H groups in total. The van der Waals surface area contributed by atoms with Crippen LogP contribution in [0.3, 0.4) is 0 Å². The number of para-hydroxylation sites is 2. The number of imidazole rings is 1. The number of hydrogen-bond acceptors (Lipinski definition) is 4. The monoisotopic (exact) mass is 433 g/mol. The number of nitrogens with one attached hydrogen (secondary N) is 1. The second-order valence-corrected chi connectivity index (χ2v) is 7.27. The van der Waals surface area contributed by atoms with Crippen LogP contribution in [0.15, 0.2) is 42.6 Å². The van der Waals surface area contributed by atoms with Gasteiger partial charge >= 0.3 is 12.2 Å². The smallest absolute Gasteiger partial charge is 0.422 e. The highest BCUT2D eigenvalue weighted by atomic mass is 19.4. The van der Waals surface area contributed by atoms with Gasteiger partial charge < -0.3 is 19.5 Å². The number of carbonyl (C=O) groups excluding carboxylic acids is 1. The van der Waals surface area contributed by atoms with Gasteiger partial charge in [0.25, 0.3) is 0 Å². The van der Waals surface area contributed by atoms with Crippen LogP contribution in [-0.2, 0) is 6.54 Å². The summed E-state index contributed by atoms with van der Waals surface area (Å²) in [6.45, 7) is 1.96. The van der Waals surface area contributed by atoms with E-state index in [0.717, 1.165) is 36.2 Å². The molecule has 1 saturated heterocycles. The summed E-state index contributed by atoms with van der Waals surface area (Å²) in [5.41, 5.74) is 2.30. The van der Waals surface area contributed by atoms with Gasteiger partial charge in [-0.3, -0.25) is 0 Å². The quantitative estimate of drug-likeness (QED) is 0.630. The number of aryl methyl sites for hydroxylation is 1. The second-order valence-electron chi connectivity index (χ2n) is 7.27. The lowest BCUT2D eigenvalue weighted by atomic mass is 10.2. The Morgan fingerprint density at radius 3 is 2.77 bits per heavy atom. The number of halogens is 3. The minimum atomic E-state index is -4.44. The third-order valence-corrected chi connectivity index (χ3v) is 5.18. The van der Waals surface area contributed by atoms with Crippen LogP contribution in [0.4, 0.5) is 23.7 Å². The lowest BCUT2D eigenvalue weighted by molar-refractivity contribution is -0.154. The van der Waals surface area contributed by atoms with Crippen molar-refractivity contribution in [2.45, 2.75) is 38.5 Å². The molecule has 2 aromatic heterocycles. The van der Waals surface area contributed by atoms with Crippen molar-refractivity contribution in [3.8, 4) is 5.88 Å². The van der Waals surface area contributed by atoms with Crippen LogP contribution < -0.4 is 10.1 Å². The highest BCUT2D eigenvalue weighted by Crippen LogP contribution is 2.34. The number of alkyl halides is 3. The van der Waals surface area contributed by atoms with E-state index in [1.54, 1.807) is 4.90 Å². The Hall–Kier alpha value is -3.30. The molecule has 0 bridgehead atoms. The summed E-state index contributed by atoms with van der Waals surface area (Å²) in [4.78, 5) is 23.3. The Kier molecular flexibility index (Phi) is 5.71. The average molecular weight is 433 g/mol. The molecule has 4 rings (SSSR count). The number of carbonyl (C=O) groups is 1. The first-order valence-corrected chi connectivity index (χ1v) is 10.0. The van der Waals surface area contributed by atoms with Crippen LogP contribution in [0.25, 0.3) is 11.0 Å². The lowest BCUT2D eigenvalue weighted by Gasteiger charge is -2.25. The van der Waals surface area contributed by atoms with Gasteiger partial charge in [0.2, 0.25) is 5.88 Å². The highest BCUT2D eigenvalue weighted by Gasteiger charge is 2.34. The molecule has 1 aliphatic rings. The summed E-state index contributed by atoms with van der Waals surface area (Å²) in [5, 5.41) is 2.76. The number of fused-ring (bicyclic) bond motifs is 1. The number of benzene rings is 1. The first-order chi connectivity index (χ1) is 14.9. The van der Waals surface area contributed by atoms with Gasteiger partial charge in [0.05, 0.1) is 29.0 Å². The lowest BCUT2D eigenvalue weighted by Crippen LogP contribution is -2.35. The maximum absolute atomic E-state index is 12.9. The van der Waals surface area contributed by atoms with Crippen molar-refractivity contribution in [1.29, 1.82) is 0 Å². The number of aromatic nitrogens is 3. The standard InChI is InChI=1S/C21H22F3N5O2/c1-2-28-16-7-4-3-6-15(16)27-19(28)17-8-5-11-29(17)20(30)26-14-9-10-18(25-12-14)31-13-21(22,23)24/h3-4,6-7,9-10,12,17H,2,5,8,11,13H2,1H3,(H,26,30). The van der Waals surface area contributed by atoms with Crippen LogP contribution in [0.5, 0.6) is 5.88 Å². The normalized spacial score (nSPS) is 16.6. The molecule has 1 aliphatic heterocycles. The summed E-state index contributed by atoms with van der Waals surface area (Å²) in [6.07, 6.45) is -1.50. The fourth-order valence-corrected chi connectivity index (χ4v) is 3.85. The molecule has 2 amide bonds. The van der Waals surface area contributed by atoms with Crippen molar-refractivity contribution in [2.75, 3.05) is 18.5 Å². The van der Waals surface area contributed by atoms with Crippen molar-refractivity contribution in [3.63, 3.8) is 0 Å². The van der Waals surface area contributed by atoms with Crippen LogP contribution in [0.2, 0.25) is 0 Å². The number of urea groups is 1. The molecule has 1 unspecified atom stereocenters.